The van der Waals surface area contributed by atoms with Gasteiger partial charge in [-0.15, -0.1) is 0 Å². The zero-order valence-electron chi connectivity index (χ0n) is 12.0. The van der Waals surface area contributed by atoms with Crippen molar-refractivity contribution in [1.82, 2.24) is 20.4 Å². The minimum atomic E-state index is -0.154. The number of aromatic nitrogens is 2. The molecule has 0 bridgehead atoms. The van der Waals surface area contributed by atoms with Crippen molar-refractivity contribution in [2.75, 3.05) is 13.6 Å². The van der Waals surface area contributed by atoms with Crippen molar-refractivity contribution < 1.29 is 9.32 Å². The van der Waals surface area contributed by atoms with Gasteiger partial charge in [-0.3, -0.25) is 0 Å². The van der Waals surface area contributed by atoms with Gasteiger partial charge in [0.25, 0.3) is 0 Å². The molecule has 1 aromatic heterocycles. The molecule has 0 aliphatic heterocycles. The second-order valence-electron chi connectivity index (χ2n) is 4.61. The first-order chi connectivity index (χ1) is 10.1. The third kappa shape index (κ3) is 4.29. The molecule has 6 nitrogen and oxygen atoms in total. The summed E-state index contributed by atoms with van der Waals surface area (Å²) in [5, 5.41) is 6.73. The van der Waals surface area contributed by atoms with Crippen LogP contribution in [0, 0.1) is 0 Å². The summed E-state index contributed by atoms with van der Waals surface area (Å²) in [5.74, 6) is 0.910. The Morgan fingerprint density at radius 3 is 3.00 bits per heavy atom. The number of carbonyl (C=O) groups is 1. The number of rotatable bonds is 5. The molecule has 2 rings (SSSR count). The number of amides is 2. The van der Waals surface area contributed by atoms with E-state index in [0.29, 0.717) is 18.3 Å². The van der Waals surface area contributed by atoms with E-state index < -0.39 is 0 Å². The summed E-state index contributed by atoms with van der Waals surface area (Å²) >= 11 is 3.40. The fraction of sp³-hybridized carbons (Fsp3) is 0.357. The van der Waals surface area contributed by atoms with Gasteiger partial charge in [0, 0.05) is 23.6 Å². The molecule has 0 atom stereocenters. The minimum absolute atomic E-state index is 0.154. The van der Waals surface area contributed by atoms with Gasteiger partial charge in [0.1, 0.15) is 6.54 Å². The van der Waals surface area contributed by atoms with Crippen molar-refractivity contribution in [3.8, 4) is 11.4 Å². The average Bonchev–Trinajstić information content (AvgIpc) is 2.93. The summed E-state index contributed by atoms with van der Waals surface area (Å²) in [7, 11) is 1.69. The van der Waals surface area contributed by atoms with Crippen LogP contribution in [0.3, 0.4) is 0 Å². The van der Waals surface area contributed by atoms with Gasteiger partial charge in [0.15, 0.2) is 0 Å². The monoisotopic (exact) mass is 352 g/mol. The normalized spacial score (nSPS) is 10.4. The third-order valence-electron chi connectivity index (χ3n) is 2.80. The van der Waals surface area contributed by atoms with Crippen molar-refractivity contribution in [3.63, 3.8) is 0 Å². The Kier molecular flexibility index (Phi) is 5.32. The quantitative estimate of drug-likeness (QED) is 0.897. The van der Waals surface area contributed by atoms with E-state index in [2.05, 4.69) is 31.4 Å². The van der Waals surface area contributed by atoms with Gasteiger partial charge in [-0.1, -0.05) is 40.1 Å². The van der Waals surface area contributed by atoms with Crippen molar-refractivity contribution in [2.24, 2.45) is 0 Å². The number of benzene rings is 1. The number of hydrogen-bond donors (Lipinski definition) is 1. The molecule has 1 N–H and O–H groups in total. The average molecular weight is 353 g/mol. The van der Waals surface area contributed by atoms with Gasteiger partial charge in [0.05, 0.1) is 0 Å². The highest BCUT2D eigenvalue weighted by Gasteiger charge is 2.14. The molecule has 1 aromatic carbocycles. The van der Waals surface area contributed by atoms with Gasteiger partial charge < -0.3 is 14.7 Å². The SMILES string of the molecule is CCCNC(=O)N(C)Cc1nc(-c2cccc(Br)c2)no1. The van der Waals surface area contributed by atoms with E-state index in [4.69, 9.17) is 4.52 Å². The lowest BCUT2D eigenvalue weighted by Crippen LogP contribution is -2.37. The summed E-state index contributed by atoms with van der Waals surface area (Å²) in [6, 6.07) is 7.48. The van der Waals surface area contributed by atoms with E-state index in [9.17, 15) is 4.79 Å². The molecule has 2 aromatic rings. The molecule has 0 unspecified atom stereocenters. The summed E-state index contributed by atoms with van der Waals surface area (Å²) in [6.07, 6.45) is 0.896. The second kappa shape index (κ2) is 7.21. The molecule has 0 saturated heterocycles. The zero-order valence-corrected chi connectivity index (χ0v) is 13.6. The lowest BCUT2D eigenvalue weighted by atomic mass is 10.2. The van der Waals surface area contributed by atoms with Gasteiger partial charge >= 0.3 is 6.03 Å². The highest BCUT2D eigenvalue weighted by atomic mass is 79.9. The maximum atomic E-state index is 11.7. The molecule has 0 radical (unpaired) electrons. The third-order valence-corrected chi connectivity index (χ3v) is 3.29. The molecule has 2 amide bonds. The zero-order chi connectivity index (χ0) is 15.2. The summed E-state index contributed by atoms with van der Waals surface area (Å²) < 4.78 is 6.13. The number of hydrogen-bond acceptors (Lipinski definition) is 4. The van der Waals surface area contributed by atoms with E-state index in [0.717, 1.165) is 16.5 Å². The molecule has 7 heteroatoms. The number of nitrogens with one attached hydrogen (secondary N) is 1. The Morgan fingerprint density at radius 2 is 2.29 bits per heavy atom. The Morgan fingerprint density at radius 1 is 1.48 bits per heavy atom. The standard InChI is InChI=1S/C14H17BrN4O2/c1-3-7-16-14(20)19(2)9-12-17-13(18-21-12)10-5-4-6-11(15)8-10/h4-6,8H,3,7,9H2,1-2H3,(H,16,20). The molecule has 0 saturated carbocycles. The lowest BCUT2D eigenvalue weighted by Gasteiger charge is -2.15. The maximum absolute atomic E-state index is 11.7. The molecular weight excluding hydrogens is 336 g/mol. The summed E-state index contributed by atoms with van der Waals surface area (Å²) in [6.45, 7) is 2.93. The van der Waals surface area contributed by atoms with Crippen LogP contribution in [0.5, 0.6) is 0 Å². The Hall–Kier alpha value is -1.89. The first-order valence-corrected chi connectivity index (χ1v) is 7.47. The van der Waals surface area contributed by atoms with E-state index in [-0.39, 0.29) is 12.6 Å². The molecule has 0 aliphatic carbocycles. The lowest BCUT2D eigenvalue weighted by molar-refractivity contribution is 0.199. The van der Waals surface area contributed by atoms with Crippen LogP contribution >= 0.6 is 15.9 Å². The van der Waals surface area contributed by atoms with Crippen LogP contribution in [-0.4, -0.2) is 34.7 Å². The minimum Gasteiger partial charge on any atom is -0.338 e. The van der Waals surface area contributed by atoms with E-state index in [1.807, 2.05) is 31.2 Å². The van der Waals surface area contributed by atoms with Crippen LogP contribution in [0.2, 0.25) is 0 Å². The van der Waals surface area contributed by atoms with Crippen molar-refractivity contribution >= 4 is 22.0 Å². The molecule has 0 fully saturated rings. The molecule has 112 valence electrons. The first kappa shape index (κ1) is 15.5. The Labute approximate surface area is 131 Å². The van der Waals surface area contributed by atoms with Gasteiger partial charge in [-0.05, 0) is 18.6 Å². The van der Waals surface area contributed by atoms with Crippen molar-refractivity contribution in [2.45, 2.75) is 19.9 Å². The molecule has 0 spiro atoms. The Bertz CT molecular complexity index is 615. The first-order valence-electron chi connectivity index (χ1n) is 6.67. The molecule has 0 aliphatic rings. The number of carbonyl (C=O) groups excluding carboxylic acids is 1. The molecule has 21 heavy (non-hydrogen) atoms. The molecule has 1 heterocycles. The largest absolute Gasteiger partial charge is 0.338 e. The predicted octanol–water partition coefficient (Wildman–Crippen LogP) is 3.05. The van der Waals surface area contributed by atoms with E-state index in [1.54, 1.807) is 7.05 Å². The van der Waals surface area contributed by atoms with Crippen molar-refractivity contribution in [3.05, 3.63) is 34.6 Å². The van der Waals surface area contributed by atoms with Crippen LogP contribution in [0.25, 0.3) is 11.4 Å². The van der Waals surface area contributed by atoms with Gasteiger partial charge in [0.2, 0.25) is 11.7 Å². The summed E-state index contributed by atoms with van der Waals surface area (Å²) in [4.78, 5) is 17.6. The van der Waals surface area contributed by atoms with E-state index in [1.165, 1.54) is 4.90 Å². The van der Waals surface area contributed by atoms with Crippen LogP contribution in [0.4, 0.5) is 4.79 Å². The second-order valence-corrected chi connectivity index (χ2v) is 5.53. The predicted molar refractivity (Wildman–Crippen MR) is 82.6 cm³/mol. The van der Waals surface area contributed by atoms with E-state index >= 15 is 0 Å². The summed E-state index contributed by atoms with van der Waals surface area (Å²) in [5.41, 5.74) is 0.859. The molecular formula is C14H17BrN4O2. The van der Waals surface area contributed by atoms with Crippen LogP contribution in [0.15, 0.2) is 33.3 Å². The number of urea groups is 1. The fourth-order valence-electron chi connectivity index (χ4n) is 1.71. The Balaban J connectivity index is 2.01. The topological polar surface area (TPSA) is 71.3 Å². The highest BCUT2D eigenvalue weighted by Crippen LogP contribution is 2.20. The number of halogens is 1. The van der Waals surface area contributed by atoms with Crippen molar-refractivity contribution in [1.29, 1.82) is 0 Å². The van der Waals surface area contributed by atoms with Crippen LogP contribution < -0.4 is 5.32 Å². The highest BCUT2D eigenvalue weighted by molar-refractivity contribution is 9.10. The smallest absolute Gasteiger partial charge is 0.317 e. The van der Waals surface area contributed by atoms with Crippen LogP contribution in [-0.2, 0) is 6.54 Å². The fourth-order valence-corrected chi connectivity index (χ4v) is 2.10. The van der Waals surface area contributed by atoms with Crippen LogP contribution in [0.1, 0.15) is 19.2 Å². The maximum Gasteiger partial charge on any atom is 0.317 e. The van der Waals surface area contributed by atoms with Gasteiger partial charge in [-0.25, -0.2) is 4.79 Å². The van der Waals surface area contributed by atoms with Gasteiger partial charge in [-0.2, -0.15) is 4.98 Å². The number of nitrogens with zero attached hydrogens (tertiary/aromatic N) is 3.